The number of anilines is 2. The van der Waals surface area contributed by atoms with Crippen LogP contribution >= 0.6 is 0 Å². The fourth-order valence-electron chi connectivity index (χ4n) is 6.79. The summed E-state index contributed by atoms with van der Waals surface area (Å²) >= 11 is 0. The molecule has 2 aliphatic carbocycles. The average Bonchev–Trinajstić information content (AvgIpc) is 3.81. The van der Waals surface area contributed by atoms with Crippen molar-refractivity contribution in [2.24, 2.45) is 23.7 Å². The van der Waals surface area contributed by atoms with Gasteiger partial charge in [0.15, 0.2) is 0 Å². The summed E-state index contributed by atoms with van der Waals surface area (Å²) in [6, 6.07) is 13.7. The van der Waals surface area contributed by atoms with Gasteiger partial charge < -0.3 is 14.2 Å². The van der Waals surface area contributed by atoms with Gasteiger partial charge in [-0.2, -0.15) is 0 Å². The molecule has 0 aromatic heterocycles. The molecule has 8 rings (SSSR count). The highest BCUT2D eigenvalue weighted by Gasteiger charge is 2.59. The Morgan fingerprint density at radius 3 is 1.11 bits per heavy atom. The summed E-state index contributed by atoms with van der Waals surface area (Å²) < 4.78 is 17.0. The maximum atomic E-state index is 12.9. The van der Waals surface area contributed by atoms with Crippen LogP contribution in [0.25, 0.3) is 0 Å². The molecule has 9 nitrogen and oxygen atoms in total. The molecule has 4 saturated heterocycles. The van der Waals surface area contributed by atoms with Gasteiger partial charge in [0, 0.05) is 0 Å². The van der Waals surface area contributed by atoms with Crippen molar-refractivity contribution in [2.45, 2.75) is 50.1 Å². The Morgan fingerprint density at radius 1 is 0.514 bits per heavy atom. The van der Waals surface area contributed by atoms with Crippen molar-refractivity contribution >= 4 is 35.0 Å². The number of benzene rings is 2. The second-order valence-corrected chi connectivity index (χ2v) is 10.9. The lowest BCUT2D eigenvalue weighted by Gasteiger charge is -2.16. The zero-order chi connectivity index (χ0) is 25.0. The van der Waals surface area contributed by atoms with Crippen molar-refractivity contribution in [1.82, 2.24) is 0 Å². The van der Waals surface area contributed by atoms with Gasteiger partial charge in [0.25, 0.3) is 0 Å². The molecule has 4 amide bonds. The normalized spacial score (nSPS) is 37.2. The largest absolute Gasteiger partial charge is 0.457 e. The first kappa shape index (κ1) is 21.5. The summed E-state index contributed by atoms with van der Waals surface area (Å²) in [4.78, 5) is 54.4. The second-order valence-electron chi connectivity index (χ2n) is 10.9. The molecule has 4 aliphatic heterocycles. The van der Waals surface area contributed by atoms with Crippen molar-refractivity contribution in [1.29, 1.82) is 0 Å². The van der Waals surface area contributed by atoms with E-state index in [2.05, 4.69) is 0 Å². The summed E-state index contributed by atoms with van der Waals surface area (Å²) in [5.41, 5.74) is 1.08. The van der Waals surface area contributed by atoms with Crippen LogP contribution in [0.3, 0.4) is 0 Å². The molecule has 188 valence electrons. The first-order valence-corrected chi connectivity index (χ1v) is 12.9. The number of fused-ring (bicyclic) bond motifs is 4. The number of nitrogens with zero attached hydrogens (tertiary/aromatic N) is 2. The molecule has 8 unspecified atom stereocenters. The SMILES string of the molecule is O=C1C2CC3OC3CC2C(=O)N1c1ccc(Oc2ccc(N3C(=O)C4CC5OC5CC4C3=O)cc2)cc1. The van der Waals surface area contributed by atoms with Crippen LogP contribution < -0.4 is 14.5 Å². The summed E-state index contributed by atoms with van der Waals surface area (Å²) in [5.74, 6) is -0.668. The molecule has 2 aromatic carbocycles. The third-order valence-electron chi connectivity index (χ3n) is 8.87. The third-order valence-corrected chi connectivity index (χ3v) is 8.87. The minimum absolute atomic E-state index is 0.131. The number of rotatable bonds is 4. The van der Waals surface area contributed by atoms with Crippen LogP contribution in [0, 0.1) is 23.7 Å². The first-order valence-electron chi connectivity index (χ1n) is 12.9. The van der Waals surface area contributed by atoms with Crippen LogP contribution in [0.15, 0.2) is 48.5 Å². The van der Waals surface area contributed by atoms with E-state index in [1.165, 1.54) is 9.80 Å². The Balaban J connectivity index is 0.956. The van der Waals surface area contributed by atoms with Gasteiger partial charge in [-0.05, 0) is 74.2 Å². The van der Waals surface area contributed by atoms with Gasteiger partial charge in [-0.3, -0.25) is 29.0 Å². The van der Waals surface area contributed by atoms with Crippen LogP contribution in [0.5, 0.6) is 11.5 Å². The Kier molecular flexibility index (Phi) is 4.35. The smallest absolute Gasteiger partial charge is 0.237 e. The quantitative estimate of drug-likeness (QED) is 0.469. The number of hydrogen-bond donors (Lipinski definition) is 0. The highest BCUT2D eigenvalue weighted by Crippen LogP contribution is 2.49. The van der Waals surface area contributed by atoms with E-state index in [1.54, 1.807) is 48.5 Å². The van der Waals surface area contributed by atoms with E-state index in [1.807, 2.05) is 0 Å². The van der Waals surface area contributed by atoms with Crippen molar-refractivity contribution in [3.8, 4) is 11.5 Å². The fourth-order valence-corrected chi connectivity index (χ4v) is 6.79. The molecule has 0 N–H and O–H groups in total. The molecule has 0 radical (unpaired) electrons. The number of carbonyl (C=O) groups is 4. The predicted molar refractivity (Wildman–Crippen MR) is 128 cm³/mol. The summed E-state index contributed by atoms with van der Waals surface area (Å²) in [6.07, 6.45) is 3.02. The maximum absolute atomic E-state index is 12.9. The molecule has 2 aromatic rings. The number of hydrogen-bond acceptors (Lipinski definition) is 7. The van der Waals surface area contributed by atoms with Gasteiger partial charge in [-0.15, -0.1) is 0 Å². The first-order chi connectivity index (χ1) is 18.0. The topological polar surface area (TPSA) is 109 Å². The Labute approximate surface area is 212 Å². The van der Waals surface area contributed by atoms with Gasteiger partial charge in [-0.1, -0.05) is 0 Å². The molecule has 0 spiro atoms. The van der Waals surface area contributed by atoms with E-state index >= 15 is 0 Å². The number of imide groups is 2. The van der Waals surface area contributed by atoms with Crippen molar-refractivity contribution in [3.63, 3.8) is 0 Å². The zero-order valence-corrected chi connectivity index (χ0v) is 19.8. The average molecular weight is 501 g/mol. The van der Waals surface area contributed by atoms with Crippen LogP contribution in [0.2, 0.25) is 0 Å². The van der Waals surface area contributed by atoms with Crippen molar-refractivity contribution < 1.29 is 33.4 Å². The van der Waals surface area contributed by atoms with E-state index < -0.39 is 0 Å². The van der Waals surface area contributed by atoms with E-state index in [0.717, 1.165) is 0 Å². The van der Waals surface area contributed by atoms with Crippen LogP contribution in [0.1, 0.15) is 25.7 Å². The lowest BCUT2D eigenvalue weighted by molar-refractivity contribution is -0.124. The van der Waals surface area contributed by atoms with Crippen LogP contribution in [-0.4, -0.2) is 48.0 Å². The summed E-state index contributed by atoms with van der Waals surface area (Å²) in [6.45, 7) is 0. The molecule has 8 atom stereocenters. The molecule has 6 aliphatic rings. The molecule has 37 heavy (non-hydrogen) atoms. The van der Waals surface area contributed by atoms with E-state index in [0.29, 0.717) is 48.6 Å². The van der Waals surface area contributed by atoms with E-state index in [9.17, 15) is 19.2 Å². The minimum atomic E-state index is -0.289. The zero-order valence-electron chi connectivity index (χ0n) is 19.8. The number of carbonyl (C=O) groups excluding carboxylic acids is 4. The van der Waals surface area contributed by atoms with Crippen molar-refractivity contribution in [3.05, 3.63) is 48.5 Å². The third kappa shape index (κ3) is 3.23. The molecule has 6 fully saturated rings. The monoisotopic (exact) mass is 500 g/mol. The molecular formula is C28H24N2O7. The second kappa shape index (κ2) is 7.49. The Bertz CT molecular complexity index is 1200. The lowest BCUT2D eigenvalue weighted by atomic mass is 9.81. The van der Waals surface area contributed by atoms with Gasteiger partial charge in [0.1, 0.15) is 11.5 Å². The minimum Gasteiger partial charge on any atom is -0.457 e. The van der Waals surface area contributed by atoms with E-state index in [-0.39, 0.29) is 71.7 Å². The van der Waals surface area contributed by atoms with Gasteiger partial charge in [0.2, 0.25) is 23.6 Å². The predicted octanol–water partition coefficient (Wildman–Crippen LogP) is 2.81. The molecule has 4 heterocycles. The number of ether oxygens (including phenoxy) is 3. The lowest BCUT2D eigenvalue weighted by Crippen LogP contribution is -2.30. The molecule has 0 bridgehead atoms. The van der Waals surface area contributed by atoms with E-state index in [4.69, 9.17) is 14.2 Å². The van der Waals surface area contributed by atoms with Crippen molar-refractivity contribution in [2.75, 3.05) is 9.80 Å². The maximum Gasteiger partial charge on any atom is 0.237 e. The highest BCUT2D eigenvalue weighted by atomic mass is 16.6. The molecule has 9 heteroatoms. The summed E-state index contributed by atoms with van der Waals surface area (Å²) in [7, 11) is 0. The van der Waals surface area contributed by atoms with Crippen LogP contribution in [-0.2, 0) is 28.7 Å². The molecular weight excluding hydrogens is 476 g/mol. The number of epoxide rings is 2. The van der Waals surface area contributed by atoms with Crippen LogP contribution in [0.4, 0.5) is 11.4 Å². The highest BCUT2D eigenvalue weighted by molar-refractivity contribution is 6.23. The van der Waals surface area contributed by atoms with Gasteiger partial charge in [-0.25, -0.2) is 0 Å². The fraction of sp³-hybridized carbons (Fsp3) is 0.429. The standard InChI is InChI=1S/C28H24N2O7/c31-25-17-9-21-22(36-21)10-18(17)26(32)29(25)13-1-5-15(6-2-13)35-16-7-3-14(4-8-16)30-27(33)19-11-23-24(37-23)12-20(19)28(30)34/h1-8,17-24H,9-12H2. The summed E-state index contributed by atoms with van der Waals surface area (Å²) in [5, 5.41) is 0. The Hall–Kier alpha value is -3.56. The number of amides is 4. The Morgan fingerprint density at radius 2 is 0.811 bits per heavy atom. The molecule has 2 saturated carbocycles. The van der Waals surface area contributed by atoms with Gasteiger partial charge in [0.05, 0.1) is 59.5 Å². The van der Waals surface area contributed by atoms with Gasteiger partial charge >= 0.3 is 0 Å².